The van der Waals surface area contributed by atoms with Gasteiger partial charge in [-0.05, 0) is 56.6 Å². The summed E-state index contributed by atoms with van der Waals surface area (Å²) in [6, 6.07) is 6.63. The summed E-state index contributed by atoms with van der Waals surface area (Å²) in [6.07, 6.45) is -0.258. The summed E-state index contributed by atoms with van der Waals surface area (Å²) in [5, 5.41) is 16.9. The van der Waals surface area contributed by atoms with Crippen molar-refractivity contribution < 1.29 is 29.0 Å². The number of nitrogens with one attached hydrogen (secondary N) is 2. The van der Waals surface area contributed by atoms with Crippen molar-refractivity contribution in [1.82, 2.24) is 15.5 Å². The molecule has 244 valence electrons. The van der Waals surface area contributed by atoms with Crippen LogP contribution in [0.4, 0.5) is 0 Å². The molecule has 0 radical (unpaired) electrons. The summed E-state index contributed by atoms with van der Waals surface area (Å²) < 4.78 is 11.4. The predicted octanol–water partition coefficient (Wildman–Crippen LogP) is 1.77. The van der Waals surface area contributed by atoms with Crippen molar-refractivity contribution in [3.63, 3.8) is 0 Å². The van der Waals surface area contributed by atoms with Gasteiger partial charge in [-0.25, -0.2) is 0 Å². The number of nitrogens with two attached hydrogens (primary N) is 2. The molecule has 0 unspecified atom stereocenters. The maximum atomic E-state index is 13.2. The monoisotopic (exact) mass is 605 g/mol. The van der Waals surface area contributed by atoms with E-state index in [1.54, 1.807) is 26.0 Å². The molecule has 2 rings (SSSR count). The van der Waals surface area contributed by atoms with Crippen LogP contribution in [-0.4, -0.2) is 92.4 Å². The van der Waals surface area contributed by atoms with Gasteiger partial charge in [-0.1, -0.05) is 39.8 Å². The number of amides is 3. The Morgan fingerprint density at radius 3 is 2.30 bits per heavy atom. The molecule has 1 aliphatic heterocycles. The van der Waals surface area contributed by atoms with Gasteiger partial charge in [-0.3, -0.25) is 19.3 Å². The molecule has 0 saturated carbocycles. The lowest BCUT2D eigenvalue weighted by Gasteiger charge is -2.30. The Morgan fingerprint density at radius 1 is 1.05 bits per heavy atom. The molecule has 1 fully saturated rings. The SMILES string of the molecule is CC(C)[C@@H](CNC(=O)c1ccccc1OCCN1CCOCC1)C[C@H](N)[C@@H](O)C[C@H](C(=O)NCC(C)(C)C(N)=O)C(C)C. The normalized spacial score (nSPS) is 17.3. The molecule has 4 atom stereocenters. The number of aliphatic hydroxyl groups excluding tert-OH is 1. The fourth-order valence-corrected chi connectivity index (χ4v) is 4.95. The number of rotatable bonds is 18. The summed E-state index contributed by atoms with van der Waals surface area (Å²) >= 11 is 0. The van der Waals surface area contributed by atoms with Crippen molar-refractivity contribution in [2.45, 2.75) is 66.5 Å². The van der Waals surface area contributed by atoms with E-state index >= 15 is 0 Å². The molecule has 3 amide bonds. The van der Waals surface area contributed by atoms with Crippen molar-refractivity contribution in [3.05, 3.63) is 29.8 Å². The van der Waals surface area contributed by atoms with Gasteiger partial charge in [-0.2, -0.15) is 0 Å². The Labute approximate surface area is 257 Å². The Kier molecular flexibility index (Phi) is 14.9. The zero-order valence-corrected chi connectivity index (χ0v) is 26.9. The number of aliphatic hydroxyl groups is 1. The van der Waals surface area contributed by atoms with Crippen molar-refractivity contribution in [2.75, 3.05) is 52.5 Å². The molecule has 1 aromatic carbocycles. The maximum absolute atomic E-state index is 13.2. The third-order valence-corrected chi connectivity index (χ3v) is 8.45. The third-order valence-electron chi connectivity index (χ3n) is 8.45. The highest BCUT2D eigenvalue weighted by Crippen LogP contribution is 2.24. The van der Waals surface area contributed by atoms with Crippen molar-refractivity contribution in [1.29, 1.82) is 0 Å². The second-order valence-electron chi connectivity index (χ2n) is 13.0. The van der Waals surface area contributed by atoms with E-state index in [0.29, 0.717) is 30.9 Å². The van der Waals surface area contributed by atoms with E-state index in [-0.39, 0.29) is 42.5 Å². The Morgan fingerprint density at radius 2 is 1.70 bits per heavy atom. The van der Waals surface area contributed by atoms with Gasteiger partial charge < -0.3 is 36.7 Å². The molecule has 11 heteroatoms. The number of para-hydroxylation sites is 1. The average Bonchev–Trinajstić information content (AvgIpc) is 2.96. The zero-order chi connectivity index (χ0) is 32.2. The molecule has 1 heterocycles. The van der Waals surface area contributed by atoms with E-state index < -0.39 is 29.4 Å². The first-order valence-corrected chi connectivity index (χ1v) is 15.5. The average molecular weight is 606 g/mol. The molecule has 1 aromatic rings. The highest BCUT2D eigenvalue weighted by molar-refractivity contribution is 5.96. The first-order chi connectivity index (χ1) is 20.2. The number of hydrogen-bond donors (Lipinski definition) is 5. The molecular formula is C32H55N5O6. The first-order valence-electron chi connectivity index (χ1n) is 15.5. The minimum Gasteiger partial charge on any atom is -0.491 e. The van der Waals surface area contributed by atoms with Crippen molar-refractivity contribution in [2.24, 2.45) is 40.6 Å². The summed E-state index contributed by atoms with van der Waals surface area (Å²) in [5.41, 5.74) is 11.5. The molecule has 1 aliphatic rings. The van der Waals surface area contributed by atoms with Gasteiger partial charge in [0.15, 0.2) is 0 Å². The van der Waals surface area contributed by atoms with E-state index in [1.807, 2.05) is 26.0 Å². The minimum atomic E-state index is -0.917. The van der Waals surface area contributed by atoms with Gasteiger partial charge in [0.1, 0.15) is 12.4 Å². The first kappa shape index (κ1) is 36.5. The van der Waals surface area contributed by atoms with Gasteiger partial charge in [0.25, 0.3) is 5.91 Å². The number of primary amides is 1. The Balaban J connectivity index is 1.93. The second-order valence-corrected chi connectivity index (χ2v) is 13.0. The van der Waals surface area contributed by atoms with Crippen LogP contribution in [0.1, 0.15) is 64.7 Å². The van der Waals surface area contributed by atoms with Crippen LogP contribution in [0.5, 0.6) is 5.75 Å². The number of benzene rings is 1. The van der Waals surface area contributed by atoms with E-state index in [2.05, 4.69) is 29.4 Å². The van der Waals surface area contributed by atoms with Gasteiger partial charge in [0.05, 0.1) is 30.3 Å². The fourth-order valence-electron chi connectivity index (χ4n) is 4.95. The number of morpholine rings is 1. The van der Waals surface area contributed by atoms with Gasteiger partial charge >= 0.3 is 0 Å². The molecule has 0 spiro atoms. The largest absolute Gasteiger partial charge is 0.491 e. The van der Waals surface area contributed by atoms with E-state index in [1.165, 1.54) is 0 Å². The smallest absolute Gasteiger partial charge is 0.255 e. The lowest BCUT2D eigenvalue weighted by molar-refractivity contribution is -0.130. The van der Waals surface area contributed by atoms with Crippen LogP contribution in [-0.2, 0) is 14.3 Å². The highest BCUT2D eigenvalue weighted by atomic mass is 16.5. The lowest BCUT2D eigenvalue weighted by Crippen LogP contribution is -2.47. The fraction of sp³-hybridized carbons (Fsp3) is 0.719. The molecule has 11 nitrogen and oxygen atoms in total. The van der Waals surface area contributed by atoms with Crippen LogP contribution in [0, 0.1) is 29.1 Å². The summed E-state index contributed by atoms with van der Waals surface area (Å²) in [5.74, 6) is -0.756. The van der Waals surface area contributed by atoms with Crippen LogP contribution in [0.25, 0.3) is 0 Å². The number of carbonyl (C=O) groups is 3. The van der Waals surface area contributed by atoms with Gasteiger partial charge in [0.2, 0.25) is 11.8 Å². The molecule has 1 saturated heterocycles. The van der Waals surface area contributed by atoms with E-state index in [0.717, 1.165) is 32.8 Å². The van der Waals surface area contributed by atoms with Crippen LogP contribution >= 0.6 is 0 Å². The lowest BCUT2D eigenvalue weighted by atomic mass is 9.83. The molecular weight excluding hydrogens is 550 g/mol. The van der Waals surface area contributed by atoms with Crippen LogP contribution in [0.2, 0.25) is 0 Å². The molecule has 0 aromatic heterocycles. The standard InChI is InChI=1S/C32H55N5O6/c1-21(2)23(17-26(33)27(38)18-25(22(3)4)30(40)36-20-32(5,6)31(34)41)19-35-29(39)24-9-7-8-10-28(24)43-16-13-37-11-14-42-15-12-37/h7-10,21-23,25-27,38H,11-20,33H2,1-6H3,(H2,34,41)(H,35,39)(H,36,40)/t23-,25+,26+,27+/m1/s1. The van der Waals surface area contributed by atoms with Gasteiger partial charge in [-0.15, -0.1) is 0 Å². The second kappa shape index (κ2) is 17.5. The van der Waals surface area contributed by atoms with E-state index in [9.17, 15) is 19.5 Å². The van der Waals surface area contributed by atoms with Crippen molar-refractivity contribution in [3.8, 4) is 5.75 Å². The van der Waals surface area contributed by atoms with Gasteiger partial charge in [0, 0.05) is 44.7 Å². The van der Waals surface area contributed by atoms with E-state index in [4.69, 9.17) is 20.9 Å². The highest BCUT2D eigenvalue weighted by Gasteiger charge is 2.32. The minimum absolute atomic E-state index is 0.00527. The predicted molar refractivity (Wildman–Crippen MR) is 167 cm³/mol. The summed E-state index contributed by atoms with van der Waals surface area (Å²) in [7, 11) is 0. The number of hydrogen-bond acceptors (Lipinski definition) is 8. The van der Waals surface area contributed by atoms with Crippen LogP contribution < -0.4 is 26.8 Å². The number of carbonyl (C=O) groups excluding carboxylic acids is 3. The number of ether oxygens (including phenoxy) is 2. The molecule has 7 N–H and O–H groups in total. The Hall–Kier alpha value is -2.73. The summed E-state index contributed by atoms with van der Waals surface area (Å²) in [4.78, 5) is 40.0. The summed E-state index contributed by atoms with van der Waals surface area (Å²) in [6.45, 7) is 16.2. The van der Waals surface area contributed by atoms with Crippen LogP contribution in [0.15, 0.2) is 24.3 Å². The molecule has 0 aliphatic carbocycles. The topological polar surface area (TPSA) is 169 Å². The third kappa shape index (κ3) is 12.1. The number of nitrogens with zero attached hydrogens (tertiary/aromatic N) is 1. The molecule has 0 bridgehead atoms. The van der Waals surface area contributed by atoms with Crippen LogP contribution in [0.3, 0.4) is 0 Å². The maximum Gasteiger partial charge on any atom is 0.255 e. The zero-order valence-electron chi connectivity index (χ0n) is 26.9. The molecule has 43 heavy (non-hydrogen) atoms. The Bertz CT molecular complexity index is 1030. The van der Waals surface area contributed by atoms with Crippen molar-refractivity contribution >= 4 is 17.7 Å². The quantitative estimate of drug-likeness (QED) is 0.169.